The van der Waals surface area contributed by atoms with E-state index < -0.39 is 6.10 Å². The number of benzene rings is 2. The monoisotopic (exact) mass is 384 g/mol. The van der Waals surface area contributed by atoms with Gasteiger partial charge in [0.1, 0.15) is 17.2 Å². The molecule has 0 heterocycles. The summed E-state index contributed by atoms with van der Waals surface area (Å²) in [6.07, 6.45) is 4.24. The van der Waals surface area contributed by atoms with Crippen molar-refractivity contribution >= 4 is 12.1 Å². The van der Waals surface area contributed by atoms with Crippen molar-refractivity contribution in [3.63, 3.8) is 0 Å². The first-order valence-electron chi connectivity index (χ1n) is 9.49. The highest BCUT2D eigenvalue weighted by molar-refractivity contribution is 5.84. The zero-order valence-corrected chi connectivity index (χ0v) is 16.7. The number of ether oxygens (including phenoxy) is 3. The molecule has 0 unspecified atom stereocenters. The highest BCUT2D eigenvalue weighted by Crippen LogP contribution is 2.19. The van der Waals surface area contributed by atoms with Crippen LogP contribution in [0.1, 0.15) is 38.7 Å². The van der Waals surface area contributed by atoms with Gasteiger partial charge in [-0.3, -0.25) is 4.79 Å². The predicted octanol–water partition coefficient (Wildman–Crippen LogP) is 4.18. The lowest BCUT2D eigenvalue weighted by molar-refractivity contribution is -0.127. The highest BCUT2D eigenvalue weighted by Gasteiger charge is 2.13. The molecule has 28 heavy (non-hydrogen) atoms. The van der Waals surface area contributed by atoms with Crippen molar-refractivity contribution in [1.29, 1.82) is 0 Å². The van der Waals surface area contributed by atoms with Crippen LogP contribution in [0, 0.1) is 0 Å². The lowest BCUT2D eigenvalue weighted by Gasteiger charge is -2.13. The van der Waals surface area contributed by atoms with Gasteiger partial charge in [-0.1, -0.05) is 31.9 Å². The van der Waals surface area contributed by atoms with E-state index in [-0.39, 0.29) is 5.91 Å². The molecule has 2 rings (SSSR count). The van der Waals surface area contributed by atoms with Crippen LogP contribution in [0.15, 0.2) is 53.6 Å². The molecule has 1 amide bonds. The maximum absolute atomic E-state index is 12.1. The smallest absolute Gasteiger partial charge is 0.280 e. The Morgan fingerprint density at radius 1 is 1.11 bits per heavy atom. The van der Waals surface area contributed by atoms with E-state index in [1.807, 2.05) is 36.4 Å². The third kappa shape index (κ3) is 7.31. The molecule has 2 aromatic rings. The van der Waals surface area contributed by atoms with Gasteiger partial charge in [0.25, 0.3) is 5.91 Å². The van der Waals surface area contributed by atoms with Crippen molar-refractivity contribution in [3.05, 3.63) is 54.1 Å². The molecule has 0 aliphatic carbocycles. The van der Waals surface area contributed by atoms with E-state index in [2.05, 4.69) is 17.5 Å². The van der Waals surface area contributed by atoms with Crippen molar-refractivity contribution < 1.29 is 19.0 Å². The Morgan fingerprint density at radius 2 is 1.86 bits per heavy atom. The van der Waals surface area contributed by atoms with Gasteiger partial charge in [-0.05, 0) is 55.3 Å². The summed E-state index contributed by atoms with van der Waals surface area (Å²) in [7, 11) is 1.60. The van der Waals surface area contributed by atoms with Crippen LogP contribution in [0.25, 0.3) is 0 Å². The average molecular weight is 384 g/mol. The Kier molecular flexibility index (Phi) is 8.85. The summed E-state index contributed by atoms with van der Waals surface area (Å²) in [6, 6.07) is 14.6. The van der Waals surface area contributed by atoms with Crippen molar-refractivity contribution in [2.24, 2.45) is 5.10 Å². The summed E-state index contributed by atoms with van der Waals surface area (Å²) in [5.41, 5.74) is 3.30. The molecule has 6 nitrogen and oxygen atoms in total. The molecular weight excluding hydrogens is 356 g/mol. The fraction of sp³-hybridized carbons (Fsp3) is 0.364. The molecule has 0 aliphatic rings. The summed E-state index contributed by atoms with van der Waals surface area (Å²) in [6.45, 7) is 4.54. The molecule has 0 saturated carbocycles. The number of amides is 1. The quantitative estimate of drug-likeness (QED) is 0.358. The first kappa shape index (κ1) is 21.3. The van der Waals surface area contributed by atoms with Crippen LogP contribution < -0.4 is 19.6 Å². The summed E-state index contributed by atoms with van der Waals surface area (Å²) in [4.78, 5) is 12.1. The number of methoxy groups -OCH3 is 1. The molecule has 0 radical (unpaired) electrons. The second-order valence-corrected chi connectivity index (χ2v) is 6.30. The number of unbranched alkanes of at least 4 members (excludes halogenated alkanes) is 2. The van der Waals surface area contributed by atoms with Gasteiger partial charge in [-0.2, -0.15) is 5.10 Å². The number of nitrogens with one attached hydrogen (secondary N) is 1. The second-order valence-electron chi connectivity index (χ2n) is 6.30. The molecule has 0 bridgehead atoms. The standard InChI is InChI=1S/C22H28N2O4/c1-4-5-6-14-27-19-10-12-20(13-11-19)28-17(2)22(25)24-23-16-18-8-7-9-21(15-18)26-3/h7-13,15-17H,4-6,14H2,1-3H3,(H,24,25)/b23-16-/t17-/m0/s1. The fourth-order valence-electron chi connectivity index (χ4n) is 2.40. The minimum atomic E-state index is -0.682. The maximum Gasteiger partial charge on any atom is 0.280 e. The lowest BCUT2D eigenvalue weighted by atomic mass is 10.2. The average Bonchev–Trinajstić information content (AvgIpc) is 2.72. The Balaban J connectivity index is 1.78. The van der Waals surface area contributed by atoms with Gasteiger partial charge >= 0.3 is 0 Å². The number of nitrogens with zero attached hydrogens (tertiary/aromatic N) is 1. The number of hydrogen-bond donors (Lipinski definition) is 1. The molecule has 1 N–H and O–H groups in total. The molecule has 2 aromatic carbocycles. The van der Waals surface area contributed by atoms with Crippen LogP contribution in [-0.4, -0.2) is 31.9 Å². The largest absolute Gasteiger partial charge is 0.497 e. The molecule has 6 heteroatoms. The summed E-state index contributed by atoms with van der Waals surface area (Å²) < 4.78 is 16.5. The van der Waals surface area contributed by atoms with Gasteiger partial charge in [-0.15, -0.1) is 0 Å². The number of hydrogen-bond acceptors (Lipinski definition) is 5. The first-order chi connectivity index (χ1) is 13.6. The lowest BCUT2D eigenvalue weighted by Crippen LogP contribution is -2.33. The van der Waals surface area contributed by atoms with Crippen LogP contribution in [0.2, 0.25) is 0 Å². The minimum absolute atomic E-state index is 0.334. The van der Waals surface area contributed by atoms with Gasteiger partial charge in [0.15, 0.2) is 6.10 Å². The van der Waals surface area contributed by atoms with E-state index in [1.165, 1.54) is 6.42 Å². The van der Waals surface area contributed by atoms with Gasteiger partial charge in [0.05, 0.1) is 19.9 Å². The van der Waals surface area contributed by atoms with E-state index in [1.54, 1.807) is 32.4 Å². The third-order valence-electron chi connectivity index (χ3n) is 4.00. The zero-order chi connectivity index (χ0) is 20.2. The Morgan fingerprint density at radius 3 is 2.57 bits per heavy atom. The van der Waals surface area contributed by atoms with Crippen LogP contribution in [0.5, 0.6) is 17.2 Å². The van der Waals surface area contributed by atoms with Gasteiger partial charge in [-0.25, -0.2) is 5.43 Å². The maximum atomic E-state index is 12.1. The van der Waals surface area contributed by atoms with Gasteiger partial charge in [0.2, 0.25) is 0 Å². The van der Waals surface area contributed by atoms with Crippen molar-refractivity contribution in [2.45, 2.75) is 39.2 Å². The van der Waals surface area contributed by atoms with Crippen molar-refractivity contribution in [3.8, 4) is 17.2 Å². The summed E-state index contributed by atoms with van der Waals surface area (Å²) >= 11 is 0. The van der Waals surface area contributed by atoms with Crippen molar-refractivity contribution in [2.75, 3.05) is 13.7 Å². The molecule has 0 aliphatic heterocycles. The van der Waals surface area contributed by atoms with E-state index in [0.717, 1.165) is 29.9 Å². The van der Waals surface area contributed by atoms with E-state index >= 15 is 0 Å². The van der Waals surface area contributed by atoms with Crippen molar-refractivity contribution in [1.82, 2.24) is 5.43 Å². The van der Waals surface area contributed by atoms with Crippen LogP contribution in [0.3, 0.4) is 0 Å². The third-order valence-corrected chi connectivity index (χ3v) is 4.00. The number of hydrazone groups is 1. The molecule has 0 spiro atoms. The highest BCUT2D eigenvalue weighted by atomic mass is 16.5. The normalized spacial score (nSPS) is 11.8. The van der Waals surface area contributed by atoms with E-state index in [9.17, 15) is 4.79 Å². The number of carbonyl (C=O) groups is 1. The molecule has 150 valence electrons. The van der Waals surface area contributed by atoms with Crippen LogP contribution >= 0.6 is 0 Å². The number of rotatable bonds is 11. The summed E-state index contributed by atoms with van der Waals surface area (Å²) in [5.74, 6) is 1.78. The Hall–Kier alpha value is -3.02. The zero-order valence-electron chi connectivity index (χ0n) is 16.7. The number of carbonyl (C=O) groups excluding carboxylic acids is 1. The van der Waals surface area contributed by atoms with Crippen LogP contribution in [-0.2, 0) is 4.79 Å². The topological polar surface area (TPSA) is 69.2 Å². The van der Waals surface area contributed by atoms with Gasteiger partial charge in [0, 0.05) is 0 Å². The molecule has 0 saturated heterocycles. The van der Waals surface area contributed by atoms with Crippen LogP contribution in [0.4, 0.5) is 0 Å². The fourth-order valence-corrected chi connectivity index (χ4v) is 2.40. The van der Waals surface area contributed by atoms with Gasteiger partial charge < -0.3 is 14.2 Å². The molecule has 0 fully saturated rings. The molecule has 0 aromatic heterocycles. The Bertz CT molecular complexity index is 759. The first-order valence-corrected chi connectivity index (χ1v) is 9.49. The minimum Gasteiger partial charge on any atom is -0.497 e. The summed E-state index contributed by atoms with van der Waals surface area (Å²) in [5, 5.41) is 3.96. The SMILES string of the molecule is CCCCCOc1ccc(O[C@@H](C)C(=O)N/N=C\c2cccc(OC)c2)cc1. The molecular formula is C22H28N2O4. The second kappa shape index (κ2) is 11.6. The predicted molar refractivity (Wildman–Crippen MR) is 110 cm³/mol. The van der Waals surface area contributed by atoms with E-state index in [0.29, 0.717) is 12.4 Å². The van der Waals surface area contributed by atoms with E-state index in [4.69, 9.17) is 14.2 Å². The Labute approximate surface area is 166 Å². The molecule has 1 atom stereocenters.